The number of hydrogen-bond donors (Lipinski definition) is 1. The van der Waals surface area contributed by atoms with E-state index in [-0.39, 0.29) is 5.97 Å². The maximum Gasteiger partial charge on any atom is 0.365 e. The summed E-state index contributed by atoms with van der Waals surface area (Å²) in [5, 5.41) is -1.15. The quantitative estimate of drug-likeness (QED) is 0.255. The molecule has 1 unspecified atom stereocenters. The van der Waals surface area contributed by atoms with Gasteiger partial charge < -0.3 is 9.63 Å². The van der Waals surface area contributed by atoms with Crippen LogP contribution in [0.15, 0.2) is 24.3 Å². The largest absolute Gasteiger partial charge is 0.426 e. The standard InChI is InChI=1S/C17H27O6P/c1-7-17(8-2,24(19,20)23-21-6)13-10-9-11-14(12-13)22-15(18)16(3,4)5/h9-12H,7-8H2,1-6H3,(H,19,20). The van der Waals surface area contributed by atoms with Crippen molar-refractivity contribution in [1.82, 2.24) is 0 Å². The van der Waals surface area contributed by atoms with Crippen LogP contribution in [0.4, 0.5) is 0 Å². The molecule has 0 saturated carbocycles. The lowest BCUT2D eigenvalue weighted by molar-refractivity contribution is -0.188. The maximum absolute atomic E-state index is 12.7. The van der Waals surface area contributed by atoms with Crippen molar-refractivity contribution in [1.29, 1.82) is 0 Å². The minimum atomic E-state index is -4.10. The molecular weight excluding hydrogens is 331 g/mol. The molecule has 0 fully saturated rings. The van der Waals surface area contributed by atoms with Crippen LogP contribution in [0.5, 0.6) is 5.75 Å². The molecule has 6 nitrogen and oxygen atoms in total. The zero-order valence-corrected chi connectivity index (χ0v) is 16.1. The molecule has 0 amide bonds. The van der Waals surface area contributed by atoms with E-state index in [1.807, 2.05) is 0 Å². The number of carbonyl (C=O) groups excluding carboxylic acids is 1. The molecule has 0 aliphatic heterocycles. The van der Waals surface area contributed by atoms with Crippen molar-refractivity contribution in [2.45, 2.75) is 52.6 Å². The molecule has 136 valence electrons. The van der Waals surface area contributed by atoms with Crippen molar-refractivity contribution in [2.75, 3.05) is 7.11 Å². The van der Waals surface area contributed by atoms with E-state index >= 15 is 0 Å². The SMILES string of the molecule is CCC(CC)(c1cccc(OC(=O)C(C)(C)C)c1)P(=O)(O)OOC. The lowest BCUT2D eigenvalue weighted by Gasteiger charge is -2.34. The van der Waals surface area contributed by atoms with E-state index in [4.69, 9.17) is 9.41 Å². The first kappa shape index (κ1) is 20.8. The Morgan fingerprint density at radius 3 is 2.25 bits per heavy atom. The zero-order chi connectivity index (χ0) is 18.6. The Bertz CT molecular complexity index is 616. The van der Waals surface area contributed by atoms with Gasteiger partial charge in [-0.1, -0.05) is 26.0 Å². The van der Waals surface area contributed by atoms with E-state index < -0.39 is 18.2 Å². The van der Waals surface area contributed by atoms with Gasteiger partial charge in [0.15, 0.2) is 0 Å². The number of carbonyl (C=O) groups is 1. The maximum atomic E-state index is 12.7. The van der Waals surface area contributed by atoms with Crippen molar-refractivity contribution in [2.24, 2.45) is 5.41 Å². The number of rotatable bonds is 7. The van der Waals surface area contributed by atoms with Crippen LogP contribution in [-0.2, 0) is 24.1 Å². The molecule has 0 saturated heterocycles. The number of benzene rings is 1. The van der Waals surface area contributed by atoms with Gasteiger partial charge in [-0.3, -0.25) is 9.36 Å². The lowest BCUT2D eigenvalue weighted by Crippen LogP contribution is -2.27. The zero-order valence-electron chi connectivity index (χ0n) is 15.2. The predicted octanol–water partition coefficient (Wildman–Crippen LogP) is 4.42. The molecule has 1 atom stereocenters. The second kappa shape index (κ2) is 7.79. The molecule has 0 radical (unpaired) electrons. The Balaban J connectivity index is 3.30. The second-order valence-electron chi connectivity index (χ2n) is 6.67. The molecule has 0 heterocycles. The summed E-state index contributed by atoms with van der Waals surface area (Å²) in [6.07, 6.45) is 0.717. The molecule has 0 aliphatic rings. The second-order valence-corrected chi connectivity index (χ2v) is 8.71. The monoisotopic (exact) mass is 358 g/mol. The fourth-order valence-electron chi connectivity index (χ4n) is 2.50. The highest BCUT2D eigenvalue weighted by atomic mass is 31.2. The van der Waals surface area contributed by atoms with Crippen LogP contribution in [0.3, 0.4) is 0 Å². The Morgan fingerprint density at radius 2 is 1.79 bits per heavy atom. The van der Waals surface area contributed by atoms with Crippen LogP contribution in [0.25, 0.3) is 0 Å². The van der Waals surface area contributed by atoms with Gasteiger partial charge in [0.05, 0.1) is 17.7 Å². The molecule has 1 aromatic rings. The summed E-state index contributed by atoms with van der Waals surface area (Å²) in [4.78, 5) is 26.9. The van der Waals surface area contributed by atoms with E-state index in [1.54, 1.807) is 58.9 Å². The number of ether oxygens (including phenoxy) is 1. The van der Waals surface area contributed by atoms with Gasteiger partial charge in [0.2, 0.25) is 0 Å². The lowest BCUT2D eigenvalue weighted by atomic mass is 9.92. The minimum Gasteiger partial charge on any atom is -0.426 e. The van der Waals surface area contributed by atoms with Gasteiger partial charge in [-0.25, -0.2) is 4.89 Å². The molecule has 24 heavy (non-hydrogen) atoms. The highest BCUT2D eigenvalue weighted by Gasteiger charge is 2.48. The van der Waals surface area contributed by atoms with Crippen LogP contribution in [0, 0.1) is 5.41 Å². The van der Waals surface area contributed by atoms with Gasteiger partial charge in [0, 0.05) is 0 Å². The third kappa shape index (κ3) is 4.25. The molecule has 7 heteroatoms. The van der Waals surface area contributed by atoms with Gasteiger partial charge >= 0.3 is 13.6 Å². The van der Waals surface area contributed by atoms with Gasteiger partial charge in [-0.05, 0) is 51.3 Å². The minimum absolute atomic E-state index is 0.330. The van der Waals surface area contributed by atoms with Gasteiger partial charge in [-0.2, -0.15) is 0 Å². The first-order valence-corrected chi connectivity index (χ1v) is 9.50. The van der Waals surface area contributed by atoms with Crippen LogP contribution in [0.1, 0.15) is 53.0 Å². The van der Waals surface area contributed by atoms with Crippen LogP contribution in [0.2, 0.25) is 0 Å². The van der Waals surface area contributed by atoms with E-state index in [2.05, 4.69) is 4.89 Å². The number of hydrogen-bond acceptors (Lipinski definition) is 5. The summed E-state index contributed by atoms with van der Waals surface area (Å²) in [6.45, 7) is 8.89. The predicted molar refractivity (Wildman–Crippen MR) is 91.7 cm³/mol. The van der Waals surface area contributed by atoms with Crippen molar-refractivity contribution < 1.29 is 28.6 Å². The van der Waals surface area contributed by atoms with E-state index in [1.165, 1.54) is 7.11 Å². The third-order valence-electron chi connectivity index (χ3n) is 4.08. The van der Waals surface area contributed by atoms with Crippen molar-refractivity contribution in [3.05, 3.63) is 29.8 Å². The van der Waals surface area contributed by atoms with E-state index in [9.17, 15) is 14.3 Å². The first-order valence-electron chi connectivity index (χ1n) is 7.92. The van der Waals surface area contributed by atoms with E-state index in [0.717, 1.165) is 0 Å². The molecule has 1 N–H and O–H groups in total. The van der Waals surface area contributed by atoms with Gasteiger partial charge in [0.1, 0.15) is 5.75 Å². The molecule has 1 rings (SSSR count). The average molecular weight is 358 g/mol. The number of esters is 1. The summed E-state index contributed by atoms with van der Waals surface area (Å²) in [5.74, 6) is -0.0466. The normalized spacial score (nSPS) is 15.0. The Hall–Kier alpha value is -1.20. The Morgan fingerprint density at radius 1 is 1.21 bits per heavy atom. The van der Waals surface area contributed by atoms with Crippen molar-refractivity contribution >= 4 is 13.6 Å². The highest BCUT2D eigenvalue weighted by molar-refractivity contribution is 7.54. The summed E-state index contributed by atoms with van der Waals surface area (Å²) < 4.78 is 22.8. The van der Waals surface area contributed by atoms with Crippen LogP contribution in [-0.4, -0.2) is 18.0 Å². The highest BCUT2D eigenvalue weighted by Crippen LogP contribution is 2.64. The summed E-state index contributed by atoms with van der Waals surface area (Å²) in [7, 11) is -2.91. The van der Waals surface area contributed by atoms with Gasteiger partial charge in [-0.15, -0.1) is 4.67 Å². The van der Waals surface area contributed by atoms with Gasteiger partial charge in [0.25, 0.3) is 0 Å². The van der Waals surface area contributed by atoms with Crippen LogP contribution >= 0.6 is 7.60 Å². The fraction of sp³-hybridized carbons (Fsp3) is 0.588. The van der Waals surface area contributed by atoms with E-state index in [0.29, 0.717) is 24.2 Å². The topological polar surface area (TPSA) is 82.1 Å². The summed E-state index contributed by atoms with van der Waals surface area (Å²) in [6, 6.07) is 6.66. The fourth-order valence-corrected chi connectivity index (χ4v) is 4.11. The Kier molecular flexibility index (Phi) is 6.76. The molecule has 1 aromatic carbocycles. The summed E-state index contributed by atoms with van der Waals surface area (Å²) in [5.41, 5.74) is -0.0804. The Labute approximate surface area is 143 Å². The molecule has 0 spiro atoms. The smallest absolute Gasteiger partial charge is 0.365 e. The molecule has 0 bridgehead atoms. The first-order chi connectivity index (χ1) is 11.0. The molecule has 0 aromatic heterocycles. The average Bonchev–Trinajstić information content (AvgIpc) is 2.48. The van der Waals surface area contributed by atoms with Crippen molar-refractivity contribution in [3.8, 4) is 5.75 Å². The van der Waals surface area contributed by atoms with Crippen LogP contribution < -0.4 is 4.74 Å². The molecule has 0 aliphatic carbocycles. The third-order valence-corrected chi connectivity index (χ3v) is 6.40. The van der Waals surface area contributed by atoms with Crippen molar-refractivity contribution in [3.63, 3.8) is 0 Å². The summed E-state index contributed by atoms with van der Waals surface area (Å²) >= 11 is 0. The molecular formula is C17H27O6P.